The second kappa shape index (κ2) is 6.10. The molecule has 1 atom stereocenters. The summed E-state index contributed by atoms with van der Waals surface area (Å²) in [5.74, 6) is 1.36. The molecule has 0 aliphatic heterocycles. The molecule has 0 aromatic carbocycles. The first-order valence-corrected chi connectivity index (χ1v) is 6.39. The lowest BCUT2D eigenvalue weighted by molar-refractivity contribution is 0.0951. The lowest BCUT2D eigenvalue weighted by Crippen LogP contribution is -2.30. The summed E-state index contributed by atoms with van der Waals surface area (Å²) >= 11 is 6.06. The van der Waals surface area contributed by atoms with E-state index in [4.69, 9.17) is 16.0 Å². The molecule has 1 amide bonds. The molecule has 0 saturated carbocycles. The number of carbonyl (C=O) groups excluding carboxylic acids is 1. The minimum Gasteiger partial charge on any atom is -0.466 e. The van der Waals surface area contributed by atoms with E-state index in [1.807, 2.05) is 13.8 Å². The average Bonchev–Trinajstić information content (AvgIpc) is 2.50. The number of amides is 1. The Morgan fingerprint density at radius 2 is 2.00 bits per heavy atom. The highest BCUT2D eigenvalue weighted by molar-refractivity contribution is 6.20. The summed E-state index contributed by atoms with van der Waals surface area (Å²) in [6.45, 7) is 8.13. The van der Waals surface area contributed by atoms with E-state index >= 15 is 0 Å². The number of halogens is 1. The van der Waals surface area contributed by atoms with Crippen LogP contribution >= 0.6 is 11.6 Å². The Labute approximate surface area is 108 Å². The van der Waals surface area contributed by atoms with Gasteiger partial charge in [0.2, 0.25) is 0 Å². The van der Waals surface area contributed by atoms with E-state index in [1.165, 1.54) is 0 Å². The highest BCUT2D eigenvalue weighted by Crippen LogP contribution is 2.20. The Hall–Kier alpha value is -0.960. The Morgan fingerprint density at radius 3 is 2.47 bits per heavy atom. The fourth-order valence-electron chi connectivity index (χ4n) is 1.83. The number of furan rings is 1. The minimum absolute atomic E-state index is 0.00226. The Balaban J connectivity index is 2.64. The zero-order chi connectivity index (χ0) is 13.0. The van der Waals surface area contributed by atoms with Crippen molar-refractivity contribution in [3.63, 3.8) is 0 Å². The fourth-order valence-corrected chi connectivity index (χ4v) is 2.13. The predicted octanol–water partition coefficient (Wildman–Crippen LogP) is 3.34. The number of alkyl halides is 1. The van der Waals surface area contributed by atoms with Crippen molar-refractivity contribution >= 4 is 17.5 Å². The largest absolute Gasteiger partial charge is 0.466 e. The van der Waals surface area contributed by atoms with Gasteiger partial charge in [0.15, 0.2) is 0 Å². The van der Waals surface area contributed by atoms with Gasteiger partial charge in [-0.25, -0.2) is 0 Å². The third-order valence-electron chi connectivity index (χ3n) is 2.87. The summed E-state index contributed by atoms with van der Waals surface area (Å²) < 4.78 is 5.43. The van der Waals surface area contributed by atoms with Gasteiger partial charge in [-0.1, -0.05) is 13.3 Å². The van der Waals surface area contributed by atoms with E-state index in [9.17, 15) is 4.79 Å². The molecule has 1 N–H and O–H groups in total. The molecule has 0 bridgehead atoms. The van der Waals surface area contributed by atoms with Crippen molar-refractivity contribution < 1.29 is 9.21 Å². The number of hydrogen-bond donors (Lipinski definition) is 1. The first-order chi connectivity index (χ1) is 7.97. The minimum atomic E-state index is -0.0985. The molecule has 0 aliphatic rings. The van der Waals surface area contributed by atoms with Crippen LogP contribution in [0.3, 0.4) is 0 Å². The summed E-state index contributed by atoms with van der Waals surface area (Å²) in [7, 11) is 0. The van der Waals surface area contributed by atoms with Crippen LogP contribution in [0.5, 0.6) is 0 Å². The van der Waals surface area contributed by atoms with Gasteiger partial charge < -0.3 is 9.73 Å². The second-order valence-electron chi connectivity index (χ2n) is 4.31. The topological polar surface area (TPSA) is 42.2 Å². The summed E-state index contributed by atoms with van der Waals surface area (Å²) in [6, 6.07) is 0. The molecule has 1 rings (SSSR count). The van der Waals surface area contributed by atoms with Crippen molar-refractivity contribution in [1.82, 2.24) is 5.32 Å². The summed E-state index contributed by atoms with van der Waals surface area (Å²) in [4.78, 5) is 12.0. The van der Waals surface area contributed by atoms with Crippen LogP contribution < -0.4 is 5.32 Å². The van der Waals surface area contributed by atoms with Crippen LogP contribution in [0.15, 0.2) is 4.42 Å². The van der Waals surface area contributed by atoms with Crippen LogP contribution in [-0.4, -0.2) is 17.8 Å². The van der Waals surface area contributed by atoms with Crippen LogP contribution in [0, 0.1) is 20.8 Å². The van der Waals surface area contributed by atoms with Crippen molar-refractivity contribution in [2.45, 2.75) is 45.9 Å². The highest BCUT2D eigenvalue weighted by Gasteiger charge is 2.18. The van der Waals surface area contributed by atoms with Gasteiger partial charge in [-0.3, -0.25) is 4.79 Å². The monoisotopic (exact) mass is 257 g/mol. The molecule has 1 aromatic heterocycles. The number of aryl methyl sites for hydroxylation is 2. The molecule has 1 unspecified atom stereocenters. The van der Waals surface area contributed by atoms with E-state index in [-0.39, 0.29) is 11.3 Å². The van der Waals surface area contributed by atoms with Gasteiger partial charge in [-0.2, -0.15) is 0 Å². The predicted molar refractivity (Wildman–Crippen MR) is 69.8 cm³/mol. The van der Waals surface area contributed by atoms with Crippen LogP contribution in [0.1, 0.15) is 47.2 Å². The standard InChI is InChI=1S/C13H20ClNO2/c1-5-6-11(14)7-15-13(16)12-8(2)9(3)17-10(12)4/h11H,5-7H2,1-4H3,(H,15,16). The number of rotatable bonds is 5. The molecule has 0 radical (unpaired) electrons. The van der Waals surface area contributed by atoms with Gasteiger partial charge in [0.05, 0.1) is 10.9 Å². The number of hydrogen-bond acceptors (Lipinski definition) is 2. The molecule has 0 aliphatic carbocycles. The lowest BCUT2D eigenvalue weighted by atomic mass is 10.1. The molecule has 17 heavy (non-hydrogen) atoms. The third-order valence-corrected chi connectivity index (χ3v) is 3.25. The molecule has 1 aromatic rings. The molecule has 3 nitrogen and oxygen atoms in total. The summed E-state index contributed by atoms with van der Waals surface area (Å²) in [5.41, 5.74) is 1.55. The zero-order valence-electron chi connectivity index (χ0n) is 10.9. The number of nitrogens with one attached hydrogen (secondary N) is 1. The summed E-state index contributed by atoms with van der Waals surface area (Å²) in [6.07, 6.45) is 1.93. The van der Waals surface area contributed by atoms with Crippen molar-refractivity contribution in [2.24, 2.45) is 0 Å². The Bertz CT molecular complexity index is 398. The molecule has 0 spiro atoms. The first kappa shape index (κ1) is 14.1. The van der Waals surface area contributed by atoms with Gasteiger partial charge in [0, 0.05) is 12.1 Å². The van der Waals surface area contributed by atoms with Crippen molar-refractivity contribution in [3.8, 4) is 0 Å². The Kier molecular flexibility index (Phi) is 5.06. The first-order valence-electron chi connectivity index (χ1n) is 5.96. The SMILES string of the molecule is CCCC(Cl)CNC(=O)c1c(C)oc(C)c1C. The smallest absolute Gasteiger partial charge is 0.255 e. The Morgan fingerprint density at radius 1 is 1.35 bits per heavy atom. The van der Waals surface area contributed by atoms with Gasteiger partial charge >= 0.3 is 0 Å². The lowest BCUT2D eigenvalue weighted by Gasteiger charge is -2.09. The molecular formula is C13H20ClNO2. The van der Waals surface area contributed by atoms with Crippen LogP contribution in [0.4, 0.5) is 0 Å². The molecule has 0 saturated heterocycles. The fraction of sp³-hybridized carbons (Fsp3) is 0.615. The third kappa shape index (κ3) is 3.50. The quantitative estimate of drug-likeness (QED) is 0.822. The zero-order valence-corrected chi connectivity index (χ0v) is 11.6. The average molecular weight is 258 g/mol. The van der Waals surface area contributed by atoms with Crippen molar-refractivity contribution in [1.29, 1.82) is 0 Å². The maximum Gasteiger partial charge on any atom is 0.255 e. The molecule has 96 valence electrons. The van der Waals surface area contributed by atoms with Gasteiger partial charge in [-0.05, 0) is 27.2 Å². The van der Waals surface area contributed by atoms with Crippen LogP contribution in [0.25, 0.3) is 0 Å². The maximum absolute atomic E-state index is 12.0. The maximum atomic E-state index is 12.0. The van der Waals surface area contributed by atoms with Gasteiger partial charge in [-0.15, -0.1) is 11.6 Å². The molecular weight excluding hydrogens is 238 g/mol. The van der Waals surface area contributed by atoms with Crippen molar-refractivity contribution in [3.05, 3.63) is 22.6 Å². The summed E-state index contributed by atoms with van der Waals surface area (Å²) in [5, 5.41) is 2.85. The number of carbonyl (C=O) groups is 1. The van der Waals surface area contributed by atoms with E-state index in [1.54, 1.807) is 6.92 Å². The van der Waals surface area contributed by atoms with Crippen molar-refractivity contribution in [2.75, 3.05) is 6.54 Å². The molecule has 4 heteroatoms. The van der Waals surface area contributed by atoms with Gasteiger partial charge in [0.1, 0.15) is 11.5 Å². The van der Waals surface area contributed by atoms with E-state index < -0.39 is 0 Å². The molecule has 0 fully saturated rings. The second-order valence-corrected chi connectivity index (χ2v) is 4.93. The highest BCUT2D eigenvalue weighted by atomic mass is 35.5. The van der Waals surface area contributed by atoms with E-state index in [2.05, 4.69) is 12.2 Å². The molecule has 1 heterocycles. The van der Waals surface area contributed by atoms with Crippen LogP contribution in [-0.2, 0) is 0 Å². The van der Waals surface area contributed by atoms with E-state index in [0.717, 1.165) is 24.2 Å². The normalized spacial score (nSPS) is 12.5. The van der Waals surface area contributed by atoms with Gasteiger partial charge in [0.25, 0.3) is 5.91 Å². The van der Waals surface area contributed by atoms with E-state index in [0.29, 0.717) is 17.9 Å². The van der Waals surface area contributed by atoms with Crippen LogP contribution in [0.2, 0.25) is 0 Å².